The molecule has 0 radical (unpaired) electrons. The van der Waals surface area contributed by atoms with E-state index >= 15 is 0 Å². The minimum atomic E-state index is -1.23. The number of nitrogens with zero attached hydrogens (tertiary/aromatic N) is 2. The molecule has 0 aromatic heterocycles. The minimum Gasteiger partial charge on any atom is -0.372 e. The summed E-state index contributed by atoms with van der Waals surface area (Å²) in [7, 11) is 0. The first-order chi connectivity index (χ1) is 16.9. The monoisotopic (exact) mass is 470 g/mol. The third-order valence-corrected chi connectivity index (χ3v) is 7.03. The summed E-state index contributed by atoms with van der Waals surface area (Å²) in [5.74, 6) is -0.858. The maximum atomic E-state index is 13.3. The topological polar surface area (TPSA) is 81.8 Å². The second-order valence-electron chi connectivity index (χ2n) is 9.50. The molecule has 3 aromatic carbocycles. The van der Waals surface area contributed by atoms with E-state index in [-0.39, 0.29) is 6.54 Å². The van der Waals surface area contributed by atoms with Gasteiger partial charge < -0.3 is 15.5 Å². The van der Waals surface area contributed by atoms with Crippen molar-refractivity contribution in [3.05, 3.63) is 72.3 Å². The number of benzene rings is 3. The number of imide groups is 1. The normalized spacial score (nSPS) is 20.6. The summed E-state index contributed by atoms with van der Waals surface area (Å²) in [6.07, 6.45) is 4.94. The Balaban J connectivity index is 1.25. The second-order valence-corrected chi connectivity index (χ2v) is 9.50. The van der Waals surface area contributed by atoms with E-state index in [1.807, 2.05) is 66.7 Å². The van der Waals surface area contributed by atoms with Gasteiger partial charge in [-0.2, -0.15) is 0 Å². The maximum Gasteiger partial charge on any atom is 0.325 e. The van der Waals surface area contributed by atoms with E-state index in [9.17, 15) is 14.4 Å². The molecule has 7 heteroatoms. The van der Waals surface area contributed by atoms with Crippen molar-refractivity contribution in [2.45, 2.75) is 38.1 Å². The summed E-state index contributed by atoms with van der Waals surface area (Å²) in [6, 6.07) is 20.7. The third-order valence-electron chi connectivity index (χ3n) is 7.03. The van der Waals surface area contributed by atoms with Gasteiger partial charge in [-0.25, -0.2) is 4.79 Å². The highest BCUT2D eigenvalue weighted by molar-refractivity contribution is 6.10. The fourth-order valence-electron chi connectivity index (χ4n) is 4.97. The molecule has 1 atom stereocenters. The Kier molecular flexibility index (Phi) is 6.16. The number of nitrogens with one attached hydrogen (secondary N) is 2. The molecule has 7 nitrogen and oxygen atoms in total. The molecule has 0 aliphatic carbocycles. The fraction of sp³-hybridized carbons (Fsp3) is 0.321. The molecule has 0 saturated carbocycles. The summed E-state index contributed by atoms with van der Waals surface area (Å²) in [6.45, 7) is 3.43. The highest BCUT2D eigenvalue weighted by Gasteiger charge is 2.49. The SMILES string of the molecule is C[C@]1(c2ccc3ccccc3c2)NC(=O)N(CC(=O)Nc2ccc(N3CCCCCC3)cc2)C1=O. The summed E-state index contributed by atoms with van der Waals surface area (Å²) in [4.78, 5) is 42.0. The standard InChI is InChI=1S/C28H30N4O3/c1-28(22-11-10-20-8-4-5-9-21(20)18-22)26(34)32(27(35)30-28)19-25(33)29-23-12-14-24(15-13-23)31-16-6-2-3-7-17-31/h4-5,8-15,18H,2-3,6-7,16-17,19H2,1H3,(H,29,33)(H,30,35)/t28-/m1/s1. The minimum absolute atomic E-state index is 0.346. The number of carbonyl (C=O) groups is 3. The Morgan fingerprint density at radius 3 is 2.31 bits per heavy atom. The maximum absolute atomic E-state index is 13.3. The van der Waals surface area contributed by atoms with Gasteiger partial charge in [-0.15, -0.1) is 0 Å². The van der Waals surface area contributed by atoms with Gasteiger partial charge in [0.15, 0.2) is 0 Å². The van der Waals surface area contributed by atoms with Gasteiger partial charge >= 0.3 is 6.03 Å². The molecule has 0 spiro atoms. The van der Waals surface area contributed by atoms with E-state index in [0.29, 0.717) is 11.3 Å². The predicted molar refractivity (Wildman–Crippen MR) is 137 cm³/mol. The van der Waals surface area contributed by atoms with Crippen LogP contribution in [0.5, 0.6) is 0 Å². The van der Waals surface area contributed by atoms with Gasteiger partial charge in [-0.3, -0.25) is 14.5 Å². The van der Waals surface area contributed by atoms with Crippen molar-refractivity contribution >= 4 is 40.0 Å². The molecular weight excluding hydrogens is 440 g/mol. The molecule has 4 amide bonds. The molecule has 2 heterocycles. The molecule has 2 N–H and O–H groups in total. The van der Waals surface area contributed by atoms with Crippen molar-refractivity contribution in [3.8, 4) is 0 Å². The van der Waals surface area contributed by atoms with Crippen LogP contribution >= 0.6 is 0 Å². The summed E-state index contributed by atoms with van der Waals surface area (Å²) in [5, 5.41) is 7.62. The molecule has 2 fully saturated rings. The molecule has 0 unspecified atom stereocenters. The van der Waals surface area contributed by atoms with E-state index in [4.69, 9.17) is 0 Å². The first-order valence-corrected chi connectivity index (χ1v) is 12.2. The molecule has 2 saturated heterocycles. The highest BCUT2D eigenvalue weighted by Crippen LogP contribution is 2.31. The van der Waals surface area contributed by atoms with Gasteiger partial charge in [-0.1, -0.05) is 49.2 Å². The van der Waals surface area contributed by atoms with Crippen LogP contribution in [0.3, 0.4) is 0 Å². The average Bonchev–Trinajstić information content (AvgIpc) is 3.06. The number of rotatable bonds is 5. The Hall–Kier alpha value is -3.87. The van der Waals surface area contributed by atoms with E-state index in [2.05, 4.69) is 15.5 Å². The van der Waals surface area contributed by atoms with Gasteiger partial charge in [0.2, 0.25) is 5.91 Å². The Morgan fingerprint density at radius 2 is 1.60 bits per heavy atom. The van der Waals surface area contributed by atoms with Crippen LogP contribution in [0.25, 0.3) is 10.8 Å². The molecule has 2 aliphatic rings. The number of hydrogen-bond acceptors (Lipinski definition) is 4. The number of hydrogen-bond donors (Lipinski definition) is 2. The van der Waals surface area contributed by atoms with Gasteiger partial charge in [0.05, 0.1) is 0 Å². The summed E-state index contributed by atoms with van der Waals surface area (Å²) >= 11 is 0. The van der Waals surface area contributed by atoms with Crippen LogP contribution in [0.2, 0.25) is 0 Å². The lowest BCUT2D eigenvalue weighted by Gasteiger charge is -2.23. The zero-order valence-electron chi connectivity index (χ0n) is 19.9. The Morgan fingerprint density at radius 1 is 0.914 bits per heavy atom. The zero-order valence-corrected chi connectivity index (χ0v) is 19.9. The molecule has 180 valence electrons. The van der Waals surface area contributed by atoms with Crippen LogP contribution in [0, 0.1) is 0 Å². The van der Waals surface area contributed by atoms with E-state index in [0.717, 1.165) is 34.4 Å². The number of anilines is 2. The fourth-order valence-corrected chi connectivity index (χ4v) is 4.97. The summed E-state index contributed by atoms with van der Waals surface area (Å²) < 4.78 is 0. The Labute approximate surface area is 205 Å². The lowest BCUT2D eigenvalue weighted by Crippen LogP contribution is -2.42. The average molecular weight is 471 g/mol. The highest BCUT2D eigenvalue weighted by atomic mass is 16.2. The van der Waals surface area contributed by atoms with Crippen LogP contribution in [-0.4, -0.2) is 42.4 Å². The van der Waals surface area contributed by atoms with Crippen molar-refractivity contribution in [1.29, 1.82) is 0 Å². The van der Waals surface area contributed by atoms with E-state index < -0.39 is 23.4 Å². The van der Waals surface area contributed by atoms with E-state index in [1.54, 1.807) is 6.92 Å². The molecule has 35 heavy (non-hydrogen) atoms. The number of amides is 4. The van der Waals surface area contributed by atoms with Crippen LogP contribution in [0.15, 0.2) is 66.7 Å². The Bertz CT molecular complexity index is 1260. The van der Waals surface area contributed by atoms with Crippen molar-refractivity contribution in [2.75, 3.05) is 29.9 Å². The molecule has 0 bridgehead atoms. The number of fused-ring (bicyclic) bond motifs is 1. The van der Waals surface area contributed by atoms with Gasteiger partial charge in [-0.05, 0) is 66.4 Å². The van der Waals surface area contributed by atoms with Crippen molar-refractivity contribution < 1.29 is 14.4 Å². The van der Waals surface area contributed by atoms with E-state index in [1.165, 1.54) is 25.7 Å². The van der Waals surface area contributed by atoms with Crippen LogP contribution in [-0.2, 0) is 15.1 Å². The third kappa shape index (κ3) is 4.58. The lowest BCUT2D eigenvalue weighted by molar-refractivity contribution is -0.133. The van der Waals surface area contributed by atoms with Crippen LogP contribution in [0.4, 0.5) is 16.2 Å². The first kappa shape index (κ1) is 22.9. The smallest absolute Gasteiger partial charge is 0.325 e. The van der Waals surface area contributed by atoms with Gasteiger partial charge in [0.1, 0.15) is 12.1 Å². The second kappa shape index (κ2) is 9.41. The molecule has 3 aromatic rings. The van der Waals surface area contributed by atoms with Crippen molar-refractivity contribution in [2.24, 2.45) is 0 Å². The van der Waals surface area contributed by atoms with Gasteiger partial charge in [0.25, 0.3) is 5.91 Å². The zero-order chi connectivity index (χ0) is 24.4. The number of carbonyl (C=O) groups excluding carboxylic acids is 3. The first-order valence-electron chi connectivity index (χ1n) is 12.2. The predicted octanol–water partition coefficient (Wildman–Crippen LogP) is 4.63. The molecule has 2 aliphatic heterocycles. The van der Waals surface area contributed by atoms with Crippen molar-refractivity contribution in [1.82, 2.24) is 10.2 Å². The van der Waals surface area contributed by atoms with Crippen LogP contribution < -0.4 is 15.5 Å². The lowest BCUT2D eigenvalue weighted by atomic mass is 9.90. The quantitative estimate of drug-likeness (QED) is 0.533. The van der Waals surface area contributed by atoms with Crippen molar-refractivity contribution in [3.63, 3.8) is 0 Å². The number of urea groups is 1. The van der Waals surface area contributed by atoms with Crippen LogP contribution in [0.1, 0.15) is 38.2 Å². The molecule has 5 rings (SSSR count). The summed E-state index contributed by atoms with van der Waals surface area (Å²) in [5.41, 5.74) is 1.24. The molecular formula is C28H30N4O3. The largest absolute Gasteiger partial charge is 0.372 e. The van der Waals surface area contributed by atoms with Gasteiger partial charge in [0, 0.05) is 24.5 Å².